The van der Waals surface area contributed by atoms with Crippen LogP contribution in [0.3, 0.4) is 0 Å². The van der Waals surface area contributed by atoms with Gasteiger partial charge in [0, 0.05) is 5.56 Å². The van der Waals surface area contributed by atoms with Crippen molar-refractivity contribution in [3.05, 3.63) is 35.9 Å². The Kier molecular flexibility index (Phi) is 6.30. The normalized spacial score (nSPS) is 12.4. The SMILES string of the molecule is CCOOCCC(Br)C(=O)c1ccccc1. The zero-order chi connectivity index (χ0) is 11.8. The number of ketones is 1. The van der Waals surface area contributed by atoms with E-state index in [0.29, 0.717) is 25.2 Å². The van der Waals surface area contributed by atoms with E-state index in [9.17, 15) is 4.79 Å². The van der Waals surface area contributed by atoms with E-state index < -0.39 is 0 Å². The molecule has 1 rings (SSSR count). The van der Waals surface area contributed by atoms with E-state index >= 15 is 0 Å². The van der Waals surface area contributed by atoms with Crippen LogP contribution in [-0.4, -0.2) is 23.8 Å². The van der Waals surface area contributed by atoms with Crippen molar-refractivity contribution in [3.63, 3.8) is 0 Å². The van der Waals surface area contributed by atoms with Crippen LogP contribution in [0.4, 0.5) is 0 Å². The third-order valence-corrected chi connectivity index (χ3v) is 2.87. The predicted molar refractivity (Wildman–Crippen MR) is 65.7 cm³/mol. The van der Waals surface area contributed by atoms with Crippen molar-refractivity contribution in [2.24, 2.45) is 0 Å². The number of Topliss-reactive ketones (excluding diaryl/α,β-unsaturated/α-hetero) is 1. The first-order valence-electron chi connectivity index (χ1n) is 5.23. The van der Waals surface area contributed by atoms with Gasteiger partial charge in [0.15, 0.2) is 5.78 Å². The minimum Gasteiger partial charge on any atom is -0.293 e. The van der Waals surface area contributed by atoms with Crippen molar-refractivity contribution in [2.75, 3.05) is 13.2 Å². The van der Waals surface area contributed by atoms with Crippen LogP contribution >= 0.6 is 15.9 Å². The van der Waals surface area contributed by atoms with Gasteiger partial charge in [-0.2, -0.15) is 0 Å². The average Bonchev–Trinajstić information content (AvgIpc) is 2.34. The molecule has 0 aromatic heterocycles. The number of benzene rings is 1. The first-order chi connectivity index (χ1) is 7.75. The maximum Gasteiger partial charge on any atom is 0.176 e. The standard InChI is InChI=1S/C12H15BrO3/c1-2-15-16-9-8-11(13)12(14)10-6-4-3-5-7-10/h3-7,11H,2,8-9H2,1H3. The summed E-state index contributed by atoms with van der Waals surface area (Å²) in [5, 5.41) is 0. The van der Waals surface area contributed by atoms with E-state index in [-0.39, 0.29) is 10.6 Å². The van der Waals surface area contributed by atoms with Gasteiger partial charge in [0.05, 0.1) is 18.0 Å². The summed E-state index contributed by atoms with van der Waals surface area (Å²) >= 11 is 3.35. The Balaban J connectivity index is 2.37. The smallest absolute Gasteiger partial charge is 0.176 e. The molecule has 0 aliphatic carbocycles. The van der Waals surface area contributed by atoms with Crippen molar-refractivity contribution < 1.29 is 14.6 Å². The Hall–Kier alpha value is -0.710. The number of hydrogen-bond donors (Lipinski definition) is 0. The molecule has 88 valence electrons. The van der Waals surface area contributed by atoms with Crippen LogP contribution in [-0.2, 0) is 9.78 Å². The summed E-state index contributed by atoms with van der Waals surface area (Å²) in [4.78, 5) is 21.2. The van der Waals surface area contributed by atoms with E-state index in [1.807, 2.05) is 25.1 Å². The molecule has 0 spiro atoms. The zero-order valence-corrected chi connectivity index (χ0v) is 10.8. The molecule has 0 amide bonds. The van der Waals surface area contributed by atoms with Crippen LogP contribution in [0.25, 0.3) is 0 Å². The number of rotatable bonds is 7. The summed E-state index contributed by atoms with van der Waals surface area (Å²) in [7, 11) is 0. The van der Waals surface area contributed by atoms with Crippen molar-refractivity contribution >= 4 is 21.7 Å². The fraction of sp³-hybridized carbons (Fsp3) is 0.417. The highest BCUT2D eigenvalue weighted by Crippen LogP contribution is 2.13. The quantitative estimate of drug-likeness (QED) is 0.254. The first kappa shape index (κ1) is 13.4. The second-order valence-corrected chi connectivity index (χ2v) is 4.32. The molecule has 0 fully saturated rings. The largest absolute Gasteiger partial charge is 0.293 e. The Morgan fingerprint density at radius 3 is 2.62 bits per heavy atom. The molecule has 0 radical (unpaired) electrons. The van der Waals surface area contributed by atoms with E-state index in [1.54, 1.807) is 12.1 Å². The molecular weight excluding hydrogens is 272 g/mol. The van der Waals surface area contributed by atoms with Crippen LogP contribution < -0.4 is 0 Å². The summed E-state index contributed by atoms with van der Waals surface area (Å²) in [6.45, 7) is 2.77. The van der Waals surface area contributed by atoms with Gasteiger partial charge in [-0.15, -0.1) is 0 Å². The summed E-state index contributed by atoms with van der Waals surface area (Å²) in [5.41, 5.74) is 0.709. The van der Waals surface area contributed by atoms with Crippen LogP contribution in [0.2, 0.25) is 0 Å². The lowest BCUT2D eigenvalue weighted by molar-refractivity contribution is -0.291. The highest BCUT2D eigenvalue weighted by atomic mass is 79.9. The second kappa shape index (κ2) is 7.54. The summed E-state index contributed by atoms with van der Waals surface area (Å²) in [6.07, 6.45) is 0.591. The maximum absolute atomic E-state index is 11.9. The van der Waals surface area contributed by atoms with Crippen LogP contribution in [0.1, 0.15) is 23.7 Å². The van der Waals surface area contributed by atoms with Gasteiger partial charge in [-0.3, -0.25) is 4.79 Å². The van der Waals surface area contributed by atoms with Crippen molar-refractivity contribution in [1.82, 2.24) is 0 Å². The minimum absolute atomic E-state index is 0.0701. The first-order valence-corrected chi connectivity index (χ1v) is 6.15. The van der Waals surface area contributed by atoms with Gasteiger partial charge in [-0.1, -0.05) is 46.3 Å². The summed E-state index contributed by atoms with van der Waals surface area (Å²) in [5.74, 6) is 0.0701. The van der Waals surface area contributed by atoms with Gasteiger partial charge >= 0.3 is 0 Å². The number of halogens is 1. The minimum atomic E-state index is -0.227. The van der Waals surface area contributed by atoms with Crippen LogP contribution in [0.15, 0.2) is 30.3 Å². The topological polar surface area (TPSA) is 35.5 Å². The molecule has 3 nitrogen and oxygen atoms in total. The van der Waals surface area contributed by atoms with Gasteiger partial charge < -0.3 is 0 Å². The van der Waals surface area contributed by atoms with E-state index in [2.05, 4.69) is 15.9 Å². The average molecular weight is 287 g/mol. The Labute approximate surface area is 104 Å². The number of carbonyl (C=O) groups excluding carboxylic acids is 1. The number of hydrogen-bond acceptors (Lipinski definition) is 3. The van der Waals surface area contributed by atoms with Crippen LogP contribution in [0.5, 0.6) is 0 Å². The molecule has 0 saturated heterocycles. The fourth-order valence-corrected chi connectivity index (χ4v) is 1.66. The highest BCUT2D eigenvalue weighted by Gasteiger charge is 2.16. The summed E-state index contributed by atoms with van der Waals surface area (Å²) in [6, 6.07) is 9.20. The molecule has 0 saturated carbocycles. The lowest BCUT2D eigenvalue weighted by Crippen LogP contribution is -2.16. The third kappa shape index (κ3) is 4.43. The second-order valence-electron chi connectivity index (χ2n) is 3.21. The summed E-state index contributed by atoms with van der Waals surface area (Å²) < 4.78 is 0. The van der Waals surface area contributed by atoms with E-state index in [4.69, 9.17) is 9.78 Å². The molecule has 0 aliphatic rings. The molecule has 1 aromatic rings. The van der Waals surface area contributed by atoms with Gasteiger partial charge in [0.25, 0.3) is 0 Å². The fourth-order valence-electron chi connectivity index (χ4n) is 1.21. The Bertz CT molecular complexity index is 313. The van der Waals surface area contributed by atoms with E-state index in [0.717, 1.165) is 0 Å². The monoisotopic (exact) mass is 286 g/mol. The molecule has 1 unspecified atom stereocenters. The molecule has 4 heteroatoms. The molecular formula is C12H15BrO3. The number of carbonyl (C=O) groups is 1. The highest BCUT2D eigenvalue weighted by molar-refractivity contribution is 9.10. The van der Waals surface area contributed by atoms with Gasteiger partial charge in [0.2, 0.25) is 0 Å². The molecule has 1 atom stereocenters. The molecule has 1 aromatic carbocycles. The zero-order valence-electron chi connectivity index (χ0n) is 9.19. The van der Waals surface area contributed by atoms with Gasteiger partial charge in [-0.25, -0.2) is 9.78 Å². The molecule has 0 heterocycles. The van der Waals surface area contributed by atoms with Crippen molar-refractivity contribution in [1.29, 1.82) is 0 Å². The maximum atomic E-state index is 11.9. The number of alkyl halides is 1. The molecule has 0 N–H and O–H groups in total. The van der Waals surface area contributed by atoms with Crippen LogP contribution in [0, 0.1) is 0 Å². The van der Waals surface area contributed by atoms with E-state index in [1.165, 1.54) is 0 Å². The van der Waals surface area contributed by atoms with Crippen molar-refractivity contribution in [2.45, 2.75) is 18.2 Å². The van der Waals surface area contributed by atoms with Crippen molar-refractivity contribution in [3.8, 4) is 0 Å². The lowest BCUT2D eigenvalue weighted by Gasteiger charge is -2.08. The van der Waals surface area contributed by atoms with Gasteiger partial charge in [-0.05, 0) is 13.3 Å². The van der Waals surface area contributed by atoms with Gasteiger partial charge in [0.1, 0.15) is 0 Å². The predicted octanol–water partition coefficient (Wildman–Crippen LogP) is 2.99. The molecule has 0 bridgehead atoms. The molecule has 0 aliphatic heterocycles. The Morgan fingerprint density at radius 1 is 1.31 bits per heavy atom. The molecule has 16 heavy (non-hydrogen) atoms. The third-order valence-electron chi connectivity index (χ3n) is 2.00. The Morgan fingerprint density at radius 2 is 2.00 bits per heavy atom. The lowest BCUT2D eigenvalue weighted by atomic mass is 10.1.